The molecule has 0 aliphatic rings. The molecule has 0 heterocycles. The Morgan fingerprint density at radius 1 is 0.966 bits per heavy atom. The number of carboxylic acid groups (broad SMARTS) is 1. The smallest absolute Gasteiger partial charge is 0.335 e. The quantitative estimate of drug-likeness (QED) is 0.388. The van der Waals surface area contributed by atoms with E-state index in [1.165, 1.54) is 29.8 Å². The van der Waals surface area contributed by atoms with Gasteiger partial charge in [-0.25, -0.2) is 17.5 Å². The molecule has 1 rings (SSSR count). The molecular formula is C22H37NO5S. The molecule has 0 bridgehead atoms. The number of aryl methyl sites for hydroxylation is 1. The standard InChI is InChI=1S/C22H37NO5S/c1-3-4-5-6-7-11-21(24)12-9-18-23(29(2,27)28)17-8-10-19-13-15-20(16-14-19)22(25)26/h13-16,21,24H,3-12,17-18H2,1-2H3,(H,25,26). The van der Waals surface area contributed by atoms with E-state index in [-0.39, 0.29) is 11.7 Å². The average molecular weight is 428 g/mol. The van der Waals surface area contributed by atoms with Crippen LogP contribution in [0.2, 0.25) is 0 Å². The molecule has 166 valence electrons. The Morgan fingerprint density at radius 2 is 1.55 bits per heavy atom. The van der Waals surface area contributed by atoms with Crippen LogP contribution in [0.25, 0.3) is 0 Å². The Morgan fingerprint density at radius 3 is 2.14 bits per heavy atom. The molecule has 0 aliphatic heterocycles. The van der Waals surface area contributed by atoms with E-state index < -0.39 is 16.0 Å². The predicted octanol–water partition coefficient (Wildman–Crippen LogP) is 4.08. The maximum absolute atomic E-state index is 12.0. The molecule has 2 N–H and O–H groups in total. The summed E-state index contributed by atoms with van der Waals surface area (Å²) in [6, 6.07) is 6.67. The fraction of sp³-hybridized carbons (Fsp3) is 0.682. The Hall–Kier alpha value is -1.44. The summed E-state index contributed by atoms with van der Waals surface area (Å²) < 4.78 is 25.6. The van der Waals surface area contributed by atoms with Crippen molar-refractivity contribution >= 4 is 16.0 Å². The first-order valence-electron chi connectivity index (χ1n) is 10.7. The molecule has 0 fully saturated rings. The van der Waals surface area contributed by atoms with Crippen molar-refractivity contribution in [3.8, 4) is 0 Å². The minimum Gasteiger partial charge on any atom is -0.478 e. The van der Waals surface area contributed by atoms with Gasteiger partial charge >= 0.3 is 5.97 Å². The highest BCUT2D eigenvalue weighted by Gasteiger charge is 2.16. The summed E-state index contributed by atoms with van der Waals surface area (Å²) >= 11 is 0. The molecule has 0 spiro atoms. The van der Waals surface area contributed by atoms with Crippen molar-refractivity contribution in [2.75, 3.05) is 19.3 Å². The van der Waals surface area contributed by atoms with Crippen LogP contribution in [0.3, 0.4) is 0 Å². The van der Waals surface area contributed by atoms with Crippen LogP contribution in [-0.2, 0) is 16.4 Å². The van der Waals surface area contributed by atoms with E-state index in [1.807, 2.05) is 0 Å². The van der Waals surface area contributed by atoms with Gasteiger partial charge in [-0.1, -0.05) is 51.2 Å². The number of benzene rings is 1. The molecule has 1 atom stereocenters. The summed E-state index contributed by atoms with van der Waals surface area (Å²) in [5.74, 6) is -0.956. The molecule has 0 saturated carbocycles. The van der Waals surface area contributed by atoms with Gasteiger partial charge in [0.05, 0.1) is 17.9 Å². The predicted molar refractivity (Wildman–Crippen MR) is 117 cm³/mol. The summed E-state index contributed by atoms with van der Waals surface area (Å²) in [5, 5.41) is 19.0. The minimum absolute atomic E-state index is 0.246. The number of carbonyl (C=O) groups is 1. The number of unbranched alkanes of at least 4 members (excludes halogenated alkanes) is 4. The maximum Gasteiger partial charge on any atom is 0.335 e. The third-order valence-electron chi connectivity index (χ3n) is 5.13. The van der Waals surface area contributed by atoms with E-state index in [9.17, 15) is 18.3 Å². The summed E-state index contributed by atoms with van der Waals surface area (Å²) in [4.78, 5) is 10.9. The van der Waals surface area contributed by atoms with E-state index in [4.69, 9.17) is 5.11 Å². The number of nitrogens with zero attached hydrogens (tertiary/aromatic N) is 1. The highest BCUT2D eigenvalue weighted by molar-refractivity contribution is 7.88. The minimum atomic E-state index is -3.29. The first kappa shape index (κ1) is 25.6. The van der Waals surface area contributed by atoms with E-state index in [1.54, 1.807) is 24.3 Å². The van der Waals surface area contributed by atoms with Crippen LogP contribution in [-0.4, -0.2) is 54.4 Å². The molecule has 0 aromatic heterocycles. The Balaban J connectivity index is 2.34. The van der Waals surface area contributed by atoms with Gasteiger partial charge in [0, 0.05) is 13.1 Å². The lowest BCUT2D eigenvalue weighted by molar-refractivity contribution is 0.0697. The number of rotatable bonds is 16. The highest BCUT2D eigenvalue weighted by Crippen LogP contribution is 2.13. The summed E-state index contributed by atoms with van der Waals surface area (Å²) in [5.41, 5.74) is 1.23. The van der Waals surface area contributed by atoms with Crippen LogP contribution in [0.1, 0.15) is 80.6 Å². The van der Waals surface area contributed by atoms with E-state index in [0.29, 0.717) is 38.8 Å². The second kappa shape index (κ2) is 13.7. The Labute approximate surface area is 176 Å². The second-order valence-electron chi connectivity index (χ2n) is 7.77. The number of aromatic carboxylic acids is 1. The van der Waals surface area contributed by atoms with Crippen LogP contribution in [0.4, 0.5) is 0 Å². The van der Waals surface area contributed by atoms with Crippen LogP contribution < -0.4 is 0 Å². The topological polar surface area (TPSA) is 94.9 Å². The van der Waals surface area contributed by atoms with Crippen molar-refractivity contribution < 1.29 is 23.4 Å². The number of hydrogen-bond acceptors (Lipinski definition) is 4. The third kappa shape index (κ3) is 11.4. The molecule has 1 unspecified atom stereocenters. The Bertz CT molecular complexity index is 688. The van der Waals surface area contributed by atoms with Crippen molar-refractivity contribution in [2.45, 2.75) is 77.2 Å². The van der Waals surface area contributed by atoms with Crippen LogP contribution >= 0.6 is 0 Å². The van der Waals surface area contributed by atoms with Gasteiger partial charge < -0.3 is 10.2 Å². The molecule has 0 amide bonds. The molecular weight excluding hydrogens is 390 g/mol. The zero-order chi connectivity index (χ0) is 21.7. The van der Waals surface area contributed by atoms with Crippen molar-refractivity contribution in [2.24, 2.45) is 0 Å². The molecule has 7 heteroatoms. The largest absolute Gasteiger partial charge is 0.478 e. The lowest BCUT2D eigenvalue weighted by Crippen LogP contribution is -2.32. The van der Waals surface area contributed by atoms with Gasteiger partial charge in [-0.3, -0.25) is 0 Å². The van der Waals surface area contributed by atoms with Crippen LogP contribution in [0.5, 0.6) is 0 Å². The average Bonchev–Trinajstić information content (AvgIpc) is 2.66. The number of sulfonamides is 1. The first-order valence-corrected chi connectivity index (χ1v) is 12.5. The summed E-state index contributed by atoms with van der Waals surface area (Å²) in [6.45, 7) is 3.02. The number of aliphatic hydroxyl groups is 1. The van der Waals surface area contributed by atoms with E-state index in [2.05, 4.69) is 6.92 Å². The summed E-state index contributed by atoms with van der Waals surface area (Å²) in [6.07, 6.45) is 10.1. The monoisotopic (exact) mass is 427 g/mol. The molecule has 6 nitrogen and oxygen atoms in total. The lowest BCUT2D eigenvalue weighted by Gasteiger charge is -2.20. The molecule has 1 aromatic carbocycles. The van der Waals surface area contributed by atoms with Crippen molar-refractivity contribution in [1.29, 1.82) is 0 Å². The van der Waals surface area contributed by atoms with Gasteiger partial charge in [0.2, 0.25) is 10.0 Å². The Kier molecular flexibility index (Phi) is 12.1. The normalized spacial score (nSPS) is 13.0. The van der Waals surface area contributed by atoms with Gasteiger partial charge in [-0.05, 0) is 49.8 Å². The first-order chi connectivity index (χ1) is 13.7. The van der Waals surface area contributed by atoms with E-state index >= 15 is 0 Å². The zero-order valence-electron chi connectivity index (χ0n) is 17.8. The van der Waals surface area contributed by atoms with Gasteiger partial charge in [0.15, 0.2) is 0 Å². The molecule has 29 heavy (non-hydrogen) atoms. The fourth-order valence-corrected chi connectivity index (χ4v) is 4.27. The SMILES string of the molecule is CCCCCCCC(O)CCCN(CCCc1ccc(C(=O)O)cc1)S(C)(=O)=O. The fourth-order valence-electron chi connectivity index (χ4n) is 3.35. The molecule has 0 radical (unpaired) electrons. The third-order valence-corrected chi connectivity index (χ3v) is 6.43. The van der Waals surface area contributed by atoms with Gasteiger partial charge in [0.1, 0.15) is 0 Å². The van der Waals surface area contributed by atoms with Crippen molar-refractivity contribution in [1.82, 2.24) is 4.31 Å². The molecule has 0 aliphatic carbocycles. The maximum atomic E-state index is 12.0. The number of carboxylic acids is 1. The van der Waals surface area contributed by atoms with Gasteiger partial charge in [-0.15, -0.1) is 0 Å². The van der Waals surface area contributed by atoms with Gasteiger partial charge in [0.25, 0.3) is 0 Å². The van der Waals surface area contributed by atoms with Crippen LogP contribution in [0.15, 0.2) is 24.3 Å². The number of aliphatic hydroxyl groups excluding tert-OH is 1. The highest BCUT2D eigenvalue weighted by atomic mass is 32.2. The molecule has 0 saturated heterocycles. The zero-order valence-corrected chi connectivity index (χ0v) is 18.7. The lowest BCUT2D eigenvalue weighted by atomic mass is 10.0. The van der Waals surface area contributed by atoms with Crippen molar-refractivity contribution in [3.05, 3.63) is 35.4 Å². The van der Waals surface area contributed by atoms with E-state index in [0.717, 1.165) is 24.8 Å². The molecule has 1 aromatic rings. The summed E-state index contributed by atoms with van der Waals surface area (Å²) in [7, 11) is -3.29. The van der Waals surface area contributed by atoms with Crippen LogP contribution in [0, 0.1) is 0 Å². The number of hydrogen-bond donors (Lipinski definition) is 2. The van der Waals surface area contributed by atoms with Gasteiger partial charge in [-0.2, -0.15) is 0 Å². The second-order valence-corrected chi connectivity index (χ2v) is 9.75. The van der Waals surface area contributed by atoms with Crippen molar-refractivity contribution in [3.63, 3.8) is 0 Å².